The van der Waals surface area contributed by atoms with Crippen LogP contribution < -0.4 is 16.7 Å². The fourth-order valence-corrected chi connectivity index (χ4v) is 9.90. The number of halogens is 12. The van der Waals surface area contributed by atoms with Gasteiger partial charge in [-0.15, -0.1) is 0 Å². The Kier molecular flexibility index (Phi) is 13.1. The van der Waals surface area contributed by atoms with Crippen LogP contribution in [0.3, 0.4) is 0 Å². The molecule has 0 saturated heterocycles. The molecule has 0 saturated carbocycles. The van der Waals surface area contributed by atoms with E-state index in [0.29, 0.717) is 0 Å². The number of benzene rings is 8. The molecule has 2 aliphatic rings. The molecule has 16 nitrogen and oxygen atoms in total. The van der Waals surface area contributed by atoms with Gasteiger partial charge in [-0.05, 0) is 140 Å². The van der Waals surface area contributed by atoms with E-state index in [4.69, 9.17) is 0 Å². The lowest BCUT2D eigenvalue weighted by Crippen LogP contribution is -2.28. The Balaban J connectivity index is 0.000000194. The van der Waals surface area contributed by atoms with E-state index < -0.39 is 109 Å². The minimum Gasteiger partial charge on any atom is -0.376 e. The minimum absolute atomic E-state index is 0.0582. The van der Waals surface area contributed by atoms with Crippen molar-refractivity contribution >= 4 is 107 Å². The van der Waals surface area contributed by atoms with Gasteiger partial charge in [0.2, 0.25) is 0 Å². The number of rotatable bonds is 8. The van der Waals surface area contributed by atoms with Crippen molar-refractivity contribution in [1.82, 2.24) is 0 Å². The summed E-state index contributed by atoms with van der Waals surface area (Å²) in [6.45, 7) is 0. The Hall–Kier alpha value is -8.36. The molecule has 0 aromatic heterocycles. The van der Waals surface area contributed by atoms with E-state index in [1.165, 1.54) is 60.7 Å². The summed E-state index contributed by atoms with van der Waals surface area (Å²) in [6.07, 6.45) is 0. The lowest BCUT2D eigenvalue weighted by atomic mass is 9.81. The topological polar surface area (TPSA) is 242 Å². The quantitative estimate of drug-likeness (QED) is 0.0780. The van der Waals surface area contributed by atoms with Gasteiger partial charge in [0.05, 0.1) is 0 Å². The zero-order valence-electron chi connectivity index (χ0n) is 38.2. The Morgan fingerprint density at radius 2 is 0.388 bits per heavy atom. The summed E-state index contributed by atoms with van der Waals surface area (Å²) in [5.74, 6) is -5.48. The van der Waals surface area contributed by atoms with E-state index in [1.54, 1.807) is 0 Å². The molecule has 0 aliphatic heterocycles. The minimum atomic E-state index is -5.97. The maximum atomic E-state index is 13.3. The molecule has 0 bridgehead atoms. The van der Waals surface area contributed by atoms with E-state index in [-0.39, 0.29) is 87.6 Å². The fourth-order valence-electron chi connectivity index (χ4n) is 8.09. The van der Waals surface area contributed by atoms with E-state index in [1.807, 2.05) is 0 Å². The van der Waals surface area contributed by atoms with Gasteiger partial charge in [-0.1, -0.05) is 24.3 Å². The first-order chi connectivity index (χ1) is 36.8. The predicted molar refractivity (Wildman–Crippen MR) is 252 cm³/mol. The van der Waals surface area contributed by atoms with Crippen LogP contribution in [0.2, 0.25) is 0 Å². The van der Waals surface area contributed by atoms with Crippen molar-refractivity contribution in [2.24, 2.45) is 0 Å². The SMILES string of the molecule is O=C1c2cc3ccc(OS(=O)(=O)C(F)(F)F)cc3cc2C(=O)c2cc3cc(OS(=O)(=O)C(F)(F)F)ccc3cc21.O=C1c2cc3ccc(OS(=O)(=O)C(F)(F)F)cc3cc2C(=O)c2cc3ccc(OS(=O)(=O)C(F)(F)F)cc3cc21. The Labute approximate surface area is 438 Å². The summed E-state index contributed by atoms with van der Waals surface area (Å²) in [6, 6.07) is 22.0. The van der Waals surface area contributed by atoms with Gasteiger partial charge in [0.1, 0.15) is 23.0 Å². The molecule has 8 aromatic carbocycles. The second-order valence-electron chi connectivity index (χ2n) is 16.9. The lowest BCUT2D eigenvalue weighted by molar-refractivity contribution is -0.0504. The van der Waals surface area contributed by atoms with Crippen molar-refractivity contribution in [3.8, 4) is 23.0 Å². The third-order valence-electron chi connectivity index (χ3n) is 11.7. The summed E-state index contributed by atoms with van der Waals surface area (Å²) in [5.41, 5.74) is -23.7. The molecule has 32 heteroatoms. The zero-order chi connectivity index (χ0) is 58.8. The maximum absolute atomic E-state index is 13.3. The van der Waals surface area contributed by atoms with Crippen LogP contribution in [0.4, 0.5) is 52.7 Å². The summed E-state index contributed by atoms with van der Waals surface area (Å²) < 4.78 is 259. The molecule has 0 atom stereocenters. The number of carbonyl (C=O) groups excluding carboxylic acids is 4. The van der Waals surface area contributed by atoms with Gasteiger partial charge in [-0.2, -0.15) is 86.4 Å². The van der Waals surface area contributed by atoms with Crippen LogP contribution >= 0.6 is 0 Å². The third kappa shape index (κ3) is 10.2. The monoisotopic (exact) mass is 1210 g/mol. The zero-order valence-corrected chi connectivity index (χ0v) is 41.5. The summed E-state index contributed by atoms with van der Waals surface area (Å²) >= 11 is 0. The second-order valence-corrected chi connectivity index (χ2v) is 23.0. The number of alkyl halides is 12. The molecule has 0 spiro atoms. The summed E-state index contributed by atoms with van der Waals surface area (Å²) in [4.78, 5) is 53.2. The van der Waals surface area contributed by atoms with E-state index >= 15 is 0 Å². The highest BCUT2D eigenvalue weighted by molar-refractivity contribution is 7.88. The van der Waals surface area contributed by atoms with Gasteiger partial charge in [-0.3, -0.25) is 19.2 Å². The molecular formula is C48H20F12O16S4. The maximum Gasteiger partial charge on any atom is 0.534 e. The van der Waals surface area contributed by atoms with Crippen LogP contribution in [0.25, 0.3) is 43.1 Å². The van der Waals surface area contributed by atoms with Gasteiger partial charge in [-0.25, -0.2) is 0 Å². The molecule has 80 heavy (non-hydrogen) atoms. The molecule has 416 valence electrons. The van der Waals surface area contributed by atoms with Gasteiger partial charge in [0.15, 0.2) is 23.1 Å². The predicted octanol–water partition coefficient (Wildman–Crippen LogP) is 10.5. The summed E-state index contributed by atoms with van der Waals surface area (Å²) in [5, 5.41) is 1.34. The van der Waals surface area contributed by atoms with Crippen molar-refractivity contribution in [3.63, 3.8) is 0 Å². The highest BCUT2D eigenvalue weighted by Crippen LogP contribution is 2.40. The molecule has 0 radical (unpaired) electrons. The van der Waals surface area contributed by atoms with Gasteiger partial charge in [0, 0.05) is 44.5 Å². The molecular weight excluding hydrogens is 1190 g/mol. The standard InChI is InChI=1S/2C24H10F6O8S2/c25-23(26,27)39(33,34)37-15-3-1-11-7-17-19(9-13(11)5-15)22(32)18-8-12-2-4-16(38-40(35,36)24(28,29)30)6-14(12)10-20(18)21(17)31;25-23(26,27)39(33,34)37-15-3-1-11-7-17-19(9-13(11)5-15)22(32)20-10-14-6-16(38-40(35,36)24(28,29)30)4-2-12(14)8-18(20)21(17)31/h2*1-10H. The van der Waals surface area contributed by atoms with Crippen LogP contribution in [-0.4, -0.2) is 78.8 Å². The first-order valence-electron chi connectivity index (χ1n) is 21.3. The third-order valence-corrected chi connectivity index (χ3v) is 15.6. The van der Waals surface area contributed by atoms with Crippen molar-refractivity contribution in [1.29, 1.82) is 0 Å². The summed E-state index contributed by atoms with van der Waals surface area (Å²) in [7, 11) is -23.9. The molecule has 2 aliphatic carbocycles. The van der Waals surface area contributed by atoms with Crippen molar-refractivity contribution in [3.05, 3.63) is 166 Å². The number of ketones is 4. The van der Waals surface area contributed by atoms with Crippen LogP contribution in [0.15, 0.2) is 121 Å². The molecule has 0 heterocycles. The normalized spacial score (nSPS) is 14.2. The van der Waals surface area contributed by atoms with E-state index in [2.05, 4.69) is 16.7 Å². The van der Waals surface area contributed by atoms with Gasteiger partial charge in [0.25, 0.3) is 0 Å². The number of hydrogen-bond acceptors (Lipinski definition) is 16. The second kappa shape index (κ2) is 18.6. The van der Waals surface area contributed by atoms with Gasteiger partial charge < -0.3 is 16.7 Å². The van der Waals surface area contributed by atoms with Crippen LogP contribution in [0.5, 0.6) is 23.0 Å². The number of carbonyl (C=O) groups is 4. The molecule has 0 N–H and O–H groups in total. The molecule has 0 amide bonds. The smallest absolute Gasteiger partial charge is 0.376 e. The first kappa shape index (κ1) is 56.4. The molecule has 8 aromatic rings. The van der Waals surface area contributed by atoms with Crippen LogP contribution in [0, 0.1) is 0 Å². The van der Waals surface area contributed by atoms with E-state index in [9.17, 15) is 106 Å². The first-order valence-corrected chi connectivity index (χ1v) is 26.9. The Bertz CT molecular complexity index is 4290. The van der Waals surface area contributed by atoms with Crippen LogP contribution in [0.1, 0.15) is 63.7 Å². The van der Waals surface area contributed by atoms with Crippen molar-refractivity contribution in [2.75, 3.05) is 0 Å². The molecule has 0 unspecified atom stereocenters. The van der Waals surface area contributed by atoms with Crippen molar-refractivity contribution < 1.29 is 122 Å². The average molecular weight is 1210 g/mol. The Morgan fingerprint density at radius 3 is 0.537 bits per heavy atom. The van der Waals surface area contributed by atoms with Crippen molar-refractivity contribution in [2.45, 2.75) is 22.0 Å². The largest absolute Gasteiger partial charge is 0.534 e. The average Bonchev–Trinajstić information content (AvgIpc) is 3.39. The fraction of sp³-hybridized carbons (Fsp3) is 0.0833. The molecule has 0 fully saturated rings. The van der Waals surface area contributed by atoms with E-state index in [0.717, 1.165) is 60.7 Å². The number of fused-ring (bicyclic) bond motifs is 8. The number of hydrogen-bond donors (Lipinski definition) is 0. The highest BCUT2D eigenvalue weighted by Gasteiger charge is 2.51. The molecule has 10 rings (SSSR count). The van der Waals surface area contributed by atoms with Gasteiger partial charge >= 0.3 is 62.5 Å². The van der Waals surface area contributed by atoms with Crippen LogP contribution in [-0.2, 0) is 40.5 Å². The Morgan fingerprint density at radius 1 is 0.237 bits per heavy atom. The highest BCUT2D eigenvalue weighted by atomic mass is 32.2. The lowest BCUT2D eigenvalue weighted by Gasteiger charge is -2.19.